The molecule has 0 spiro atoms. The topological polar surface area (TPSA) is 132 Å². The minimum atomic E-state index is -0.619. The van der Waals surface area contributed by atoms with Crippen LogP contribution in [0, 0.1) is 17.0 Å². The van der Waals surface area contributed by atoms with Crippen LogP contribution in [-0.4, -0.2) is 32.3 Å². The molecule has 0 saturated heterocycles. The Bertz CT molecular complexity index is 1580. The van der Waals surface area contributed by atoms with E-state index in [-0.39, 0.29) is 51.2 Å². The van der Waals surface area contributed by atoms with E-state index in [1.165, 1.54) is 43.8 Å². The summed E-state index contributed by atoms with van der Waals surface area (Å²) >= 11 is 0. The normalized spacial score (nSPS) is 13.9. The quantitative estimate of drug-likeness (QED) is 0.303. The second kappa shape index (κ2) is 9.57. The van der Waals surface area contributed by atoms with Gasteiger partial charge in [-0.25, -0.2) is 23.7 Å². The largest absolute Gasteiger partial charge is 0.494 e. The van der Waals surface area contributed by atoms with Gasteiger partial charge >= 0.3 is 0 Å². The van der Waals surface area contributed by atoms with Crippen molar-refractivity contribution in [2.24, 2.45) is 0 Å². The molecule has 0 amide bonds. The molecule has 0 aliphatic heterocycles. The number of fused-ring (bicyclic) bond motifs is 1. The summed E-state index contributed by atoms with van der Waals surface area (Å²) in [5.74, 6) is -0.295. The van der Waals surface area contributed by atoms with Crippen molar-refractivity contribution >= 4 is 28.3 Å². The van der Waals surface area contributed by atoms with Crippen molar-refractivity contribution < 1.29 is 13.5 Å². The lowest BCUT2D eigenvalue weighted by Crippen LogP contribution is -2.29. The van der Waals surface area contributed by atoms with E-state index in [0.717, 1.165) is 12.8 Å². The fourth-order valence-corrected chi connectivity index (χ4v) is 4.36. The first-order chi connectivity index (χ1) is 17.8. The zero-order valence-electron chi connectivity index (χ0n) is 20.3. The lowest BCUT2D eigenvalue weighted by Gasteiger charge is -2.23. The Kier molecular flexibility index (Phi) is 6.28. The molecule has 2 aromatic heterocycles. The maximum absolute atomic E-state index is 14.4. The highest BCUT2D eigenvalue weighted by molar-refractivity contribution is 6.16. The summed E-state index contributed by atoms with van der Waals surface area (Å²) in [5, 5.41) is 12.3. The number of aromatic nitrogens is 4. The number of hydrogen-bond donors (Lipinski definition) is 3. The molecule has 1 aliphatic carbocycles. The number of halogens is 2. The standard InChI is InChI=1S/C26H25F2N7O2/c1-3-18(25-34-19-8-5-14(27)11-16(19)26(36)35(25)15-6-7-15)33-24-21(23(30)31-12-32-24)22(29)13-4-9-20(37-2)17(28)10-13/h4-5,8-12,15,18,29H,3,6-7H2,1-2H3,(H3,30,31,32,33). The summed E-state index contributed by atoms with van der Waals surface area (Å²) in [7, 11) is 1.36. The third kappa shape index (κ3) is 4.48. The number of benzene rings is 2. The fraction of sp³-hybridized carbons (Fsp3) is 0.269. The maximum atomic E-state index is 14.4. The molecule has 0 radical (unpaired) electrons. The Hall–Kier alpha value is -4.41. The van der Waals surface area contributed by atoms with E-state index in [1.54, 1.807) is 10.6 Å². The summed E-state index contributed by atoms with van der Waals surface area (Å²) < 4.78 is 34.8. The molecule has 1 atom stereocenters. The molecule has 190 valence electrons. The number of methoxy groups -OCH3 is 1. The van der Waals surface area contributed by atoms with Gasteiger partial charge in [0.2, 0.25) is 0 Å². The van der Waals surface area contributed by atoms with Gasteiger partial charge in [0.25, 0.3) is 5.56 Å². The Labute approximate surface area is 210 Å². The van der Waals surface area contributed by atoms with E-state index < -0.39 is 17.7 Å². The first-order valence-corrected chi connectivity index (χ1v) is 11.8. The molecule has 1 unspecified atom stereocenters. The molecule has 37 heavy (non-hydrogen) atoms. The number of rotatable bonds is 8. The first kappa shape index (κ1) is 24.3. The number of nitrogens with one attached hydrogen (secondary N) is 2. The Morgan fingerprint density at radius 1 is 1.24 bits per heavy atom. The van der Waals surface area contributed by atoms with Gasteiger partial charge in [-0.3, -0.25) is 14.8 Å². The van der Waals surface area contributed by atoms with Crippen molar-refractivity contribution in [3.05, 3.63) is 81.7 Å². The van der Waals surface area contributed by atoms with Gasteiger partial charge in [-0.15, -0.1) is 0 Å². The van der Waals surface area contributed by atoms with Crippen molar-refractivity contribution in [3.8, 4) is 5.75 Å². The summed E-state index contributed by atoms with van der Waals surface area (Å²) in [6, 6.07) is 7.62. The third-order valence-electron chi connectivity index (χ3n) is 6.40. The number of ether oxygens (including phenoxy) is 1. The highest BCUT2D eigenvalue weighted by Gasteiger charge is 2.31. The minimum Gasteiger partial charge on any atom is -0.494 e. The molecule has 2 heterocycles. The van der Waals surface area contributed by atoms with Gasteiger partial charge < -0.3 is 15.8 Å². The maximum Gasteiger partial charge on any atom is 0.261 e. The fourth-order valence-electron chi connectivity index (χ4n) is 4.36. The number of nitrogen functional groups attached to an aromatic ring is 1. The molecule has 1 fully saturated rings. The third-order valence-corrected chi connectivity index (χ3v) is 6.40. The zero-order chi connectivity index (χ0) is 26.3. The van der Waals surface area contributed by atoms with Crippen molar-refractivity contribution in [2.75, 3.05) is 18.2 Å². The molecular formula is C26H25F2N7O2. The predicted molar refractivity (Wildman–Crippen MR) is 136 cm³/mol. The highest BCUT2D eigenvalue weighted by Crippen LogP contribution is 2.37. The van der Waals surface area contributed by atoms with Crippen LogP contribution in [0.5, 0.6) is 5.75 Å². The Morgan fingerprint density at radius 2 is 2.03 bits per heavy atom. The van der Waals surface area contributed by atoms with Crippen LogP contribution in [-0.2, 0) is 0 Å². The van der Waals surface area contributed by atoms with Crippen LogP contribution >= 0.6 is 0 Å². The van der Waals surface area contributed by atoms with Gasteiger partial charge in [-0.05, 0) is 55.7 Å². The first-order valence-electron chi connectivity index (χ1n) is 11.8. The molecule has 2 aromatic carbocycles. The van der Waals surface area contributed by atoms with Gasteiger partial charge in [0, 0.05) is 11.6 Å². The van der Waals surface area contributed by atoms with Crippen LogP contribution in [0.2, 0.25) is 0 Å². The van der Waals surface area contributed by atoms with Gasteiger partial charge in [-0.2, -0.15) is 0 Å². The van der Waals surface area contributed by atoms with Gasteiger partial charge in [-0.1, -0.05) is 6.92 Å². The lowest BCUT2D eigenvalue weighted by atomic mass is 10.0. The Morgan fingerprint density at radius 3 is 2.70 bits per heavy atom. The molecule has 4 N–H and O–H groups in total. The predicted octanol–water partition coefficient (Wildman–Crippen LogP) is 4.37. The average Bonchev–Trinajstić information content (AvgIpc) is 3.72. The molecule has 9 nitrogen and oxygen atoms in total. The number of nitrogens with two attached hydrogens (primary N) is 1. The molecule has 0 bridgehead atoms. The smallest absolute Gasteiger partial charge is 0.261 e. The van der Waals surface area contributed by atoms with Crippen LogP contribution in [0.1, 0.15) is 55.2 Å². The second-order valence-electron chi connectivity index (χ2n) is 8.85. The van der Waals surface area contributed by atoms with Crippen LogP contribution < -0.4 is 21.3 Å². The SMILES string of the molecule is CCC(Nc1ncnc(N)c1C(=N)c1ccc(OC)c(F)c1)c1nc2ccc(F)cc2c(=O)n1C1CC1. The van der Waals surface area contributed by atoms with Crippen LogP contribution in [0.3, 0.4) is 0 Å². The van der Waals surface area contributed by atoms with Crippen LogP contribution in [0.15, 0.2) is 47.5 Å². The minimum absolute atomic E-state index is 0.0194. The summed E-state index contributed by atoms with van der Waals surface area (Å²) in [6.45, 7) is 1.92. The number of anilines is 2. The van der Waals surface area contributed by atoms with Crippen molar-refractivity contribution in [2.45, 2.75) is 38.3 Å². The van der Waals surface area contributed by atoms with Gasteiger partial charge in [0.1, 0.15) is 29.6 Å². The second-order valence-corrected chi connectivity index (χ2v) is 8.85. The highest BCUT2D eigenvalue weighted by atomic mass is 19.1. The Balaban J connectivity index is 1.58. The molecule has 11 heteroatoms. The summed E-state index contributed by atoms with van der Waals surface area (Å²) in [5.41, 5.74) is 6.61. The van der Waals surface area contributed by atoms with E-state index >= 15 is 0 Å². The van der Waals surface area contributed by atoms with Crippen molar-refractivity contribution in [1.29, 1.82) is 5.41 Å². The number of hydrogen-bond acceptors (Lipinski definition) is 8. The molecule has 1 aliphatic rings. The molecular weight excluding hydrogens is 480 g/mol. The monoisotopic (exact) mass is 505 g/mol. The lowest BCUT2D eigenvalue weighted by molar-refractivity contribution is 0.386. The molecule has 1 saturated carbocycles. The van der Waals surface area contributed by atoms with E-state index in [9.17, 15) is 13.6 Å². The average molecular weight is 506 g/mol. The van der Waals surface area contributed by atoms with Crippen LogP contribution in [0.25, 0.3) is 10.9 Å². The van der Waals surface area contributed by atoms with Crippen molar-refractivity contribution in [3.63, 3.8) is 0 Å². The van der Waals surface area contributed by atoms with E-state index in [4.69, 9.17) is 20.9 Å². The summed E-state index contributed by atoms with van der Waals surface area (Å²) in [6.07, 6.45) is 3.43. The van der Waals surface area contributed by atoms with E-state index in [1.807, 2.05) is 6.92 Å². The van der Waals surface area contributed by atoms with Crippen LogP contribution in [0.4, 0.5) is 20.4 Å². The van der Waals surface area contributed by atoms with E-state index in [0.29, 0.717) is 17.8 Å². The summed E-state index contributed by atoms with van der Waals surface area (Å²) in [4.78, 5) is 26.4. The van der Waals surface area contributed by atoms with Gasteiger partial charge in [0.15, 0.2) is 11.6 Å². The molecule has 5 rings (SSSR count). The van der Waals surface area contributed by atoms with E-state index in [2.05, 4.69) is 15.3 Å². The van der Waals surface area contributed by atoms with Gasteiger partial charge in [0.05, 0.1) is 35.3 Å². The van der Waals surface area contributed by atoms with Crippen molar-refractivity contribution in [1.82, 2.24) is 19.5 Å². The zero-order valence-corrected chi connectivity index (χ0v) is 20.3. The number of nitrogens with zero attached hydrogens (tertiary/aromatic N) is 4. The molecule has 4 aromatic rings.